The van der Waals surface area contributed by atoms with Crippen LogP contribution in [-0.4, -0.2) is 28.5 Å². The van der Waals surface area contributed by atoms with Gasteiger partial charge in [0.25, 0.3) is 0 Å². The highest BCUT2D eigenvalue weighted by Crippen LogP contribution is 2.35. The third-order valence-corrected chi connectivity index (χ3v) is 4.55. The first-order valence-electron chi connectivity index (χ1n) is 6.56. The van der Waals surface area contributed by atoms with Crippen LogP contribution in [0.2, 0.25) is 0 Å². The predicted octanol–water partition coefficient (Wildman–Crippen LogP) is 3.55. The van der Waals surface area contributed by atoms with Crippen LogP contribution >= 0.6 is 15.9 Å². The molecular formula is C15H17BrN2O. The molecule has 3 nitrogen and oxygen atoms in total. The van der Waals surface area contributed by atoms with Crippen molar-refractivity contribution in [3.05, 3.63) is 30.5 Å². The van der Waals surface area contributed by atoms with Gasteiger partial charge in [0.1, 0.15) is 11.6 Å². The fourth-order valence-electron chi connectivity index (χ4n) is 2.72. The molecule has 1 aromatic carbocycles. The topological polar surface area (TPSA) is 36.4 Å². The van der Waals surface area contributed by atoms with Crippen LogP contribution in [0.1, 0.15) is 12.8 Å². The second-order valence-electron chi connectivity index (χ2n) is 5.36. The van der Waals surface area contributed by atoms with Crippen LogP contribution < -0.4 is 4.90 Å². The lowest BCUT2D eigenvalue weighted by molar-refractivity contribution is 0.339. The predicted molar refractivity (Wildman–Crippen MR) is 82.1 cm³/mol. The molecular weight excluding hydrogens is 304 g/mol. The molecule has 0 aliphatic heterocycles. The van der Waals surface area contributed by atoms with Crippen LogP contribution in [0.4, 0.5) is 5.82 Å². The van der Waals surface area contributed by atoms with E-state index in [-0.39, 0.29) is 0 Å². The van der Waals surface area contributed by atoms with Gasteiger partial charge in [-0.3, -0.25) is 0 Å². The van der Waals surface area contributed by atoms with Crippen molar-refractivity contribution in [3.8, 4) is 5.75 Å². The van der Waals surface area contributed by atoms with Crippen LogP contribution in [0, 0.1) is 5.92 Å². The third kappa shape index (κ3) is 2.54. The highest BCUT2D eigenvalue weighted by Gasteiger charge is 2.28. The van der Waals surface area contributed by atoms with Gasteiger partial charge < -0.3 is 10.0 Å². The number of alkyl halides is 1. The second kappa shape index (κ2) is 5.00. The van der Waals surface area contributed by atoms with Gasteiger partial charge >= 0.3 is 0 Å². The molecule has 4 heteroatoms. The summed E-state index contributed by atoms with van der Waals surface area (Å²) in [4.78, 5) is 7.37. The normalized spacial score (nSPS) is 22.2. The maximum atomic E-state index is 9.66. The van der Waals surface area contributed by atoms with Crippen molar-refractivity contribution in [1.29, 1.82) is 0 Å². The lowest BCUT2D eigenvalue weighted by Gasteiger charge is -2.35. The van der Waals surface area contributed by atoms with Gasteiger partial charge in [0.05, 0.1) is 0 Å². The van der Waals surface area contributed by atoms with Crippen LogP contribution in [0.5, 0.6) is 5.75 Å². The average Bonchev–Trinajstić information content (AvgIpc) is 2.36. The van der Waals surface area contributed by atoms with Gasteiger partial charge in [-0.25, -0.2) is 4.98 Å². The van der Waals surface area contributed by atoms with Crippen LogP contribution in [0.25, 0.3) is 10.8 Å². The van der Waals surface area contributed by atoms with Crippen LogP contribution in [0.15, 0.2) is 30.5 Å². The highest BCUT2D eigenvalue weighted by atomic mass is 79.9. The summed E-state index contributed by atoms with van der Waals surface area (Å²) in [5.74, 6) is 1.98. The lowest BCUT2D eigenvalue weighted by atomic mass is 9.85. The minimum Gasteiger partial charge on any atom is -0.508 e. The number of nitrogens with zero attached hydrogens (tertiary/aromatic N) is 2. The van der Waals surface area contributed by atoms with Crippen molar-refractivity contribution >= 4 is 32.5 Å². The lowest BCUT2D eigenvalue weighted by Crippen LogP contribution is -2.35. The molecule has 1 aliphatic rings. The minimum atomic E-state index is 0.291. The molecule has 1 saturated carbocycles. The number of benzene rings is 1. The molecule has 100 valence electrons. The molecule has 1 heterocycles. The summed E-state index contributed by atoms with van der Waals surface area (Å²) < 4.78 is 0. The molecule has 2 aromatic rings. The molecule has 1 aromatic heterocycles. The number of rotatable bonds is 3. The van der Waals surface area contributed by atoms with Crippen molar-refractivity contribution in [2.75, 3.05) is 18.5 Å². The van der Waals surface area contributed by atoms with E-state index >= 15 is 0 Å². The molecule has 19 heavy (non-hydrogen) atoms. The molecule has 0 amide bonds. The standard InChI is InChI=1S/C15H17BrN2O/c1-18(9-10-6-12(16)7-10)15-14-8-13(19)3-2-11(14)4-5-17-15/h2-5,8,10,12,19H,6-7,9H2,1H3. The molecule has 0 bridgehead atoms. The van der Waals surface area contributed by atoms with Gasteiger partial charge in [-0.15, -0.1) is 0 Å². The summed E-state index contributed by atoms with van der Waals surface area (Å²) in [6.45, 7) is 1.02. The summed E-state index contributed by atoms with van der Waals surface area (Å²) in [5, 5.41) is 11.8. The number of phenols is 1. The fourth-order valence-corrected chi connectivity index (χ4v) is 3.78. The number of fused-ring (bicyclic) bond motifs is 1. The van der Waals surface area contributed by atoms with Gasteiger partial charge in [0.15, 0.2) is 0 Å². The summed E-state index contributed by atoms with van der Waals surface area (Å²) in [5.41, 5.74) is 0. The Bertz CT molecular complexity index is 596. The maximum absolute atomic E-state index is 9.66. The Morgan fingerprint density at radius 3 is 2.89 bits per heavy atom. The Morgan fingerprint density at radius 1 is 1.37 bits per heavy atom. The Morgan fingerprint density at radius 2 is 2.16 bits per heavy atom. The van der Waals surface area contributed by atoms with Crippen molar-refractivity contribution in [3.63, 3.8) is 0 Å². The number of aromatic nitrogens is 1. The van der Waals surface area contributed by atoms with Gasteiger partial charge in [-0.1, -0.05) is 22.0 Å². The number of aromatic hydroxyl groups is 1. The Balaban J connectivity index is 1.88. The Labute approximate surface area is 121 Å². The maximum Gasteiger partial charge on any atom is 0.136 e. The van der Waals surface area contributed by atoms with Crippen molar-refractivity contribution in [1.82, 2.24) is 4.98 Å². The molecule has 0 saturated heterocycles. The van der Waals surface area contributed by atoms with E-state index in [0.717, 1.165) is 29.1 Å². The van der Waals surface area contributed by atoms with Crippen molar-refractivity contribution in [2.24, 2.45) is 5.92 Å². The molecule has 1 fully saturated rings. The zero-order valence-electron chi connectivity index (χ0n) is 10.9. The molecule has 1 N–H and O–H groups in total. The Hall–Kier alpha value is -1.29. The van der Waals surface area contributed by atoms with Gasteiger partial charge in [0, 0.05) is 30.0 Å². The summed E-state index contributed by atoms with van der Waals surface area (Å²) >= 11 is 3.63. The van der Waals surface area contributed by atoms with E-state index in [1.165, 1.54) is 12.8 Å². The van der Waals surface area contributed by atoms with Crippen LogP contribution in [-0.2, 0) is 0 Å². The summed E-state index contributed by atoms with van der Waals surface area (Å²) in [6, 6.07) is 7.42. The van der Waals surface area contributed by atoms with E-state index in [1.807, 2.05) is 18.3 Å². The smallest absolute Gasteiger partial charge is 0.136 e. The quantitative estimate of drug-likeness (QED) is 0.878. The van der Waals surface area contributed by atoms with Gasteiger partial charge in [-0.2, -0.15) is 0 Å². The molecule has 0 unspecified atom stereocenters. The molecule has 1 aliphatic carbocycles. The van der Waals surface area contributed by atoms with Gasteiger partial charge in [-0.05, 0) is 42.3 Å². The molecule has 3 rings (SSSR count). The number of halogens is 1. The first-order valence-corrected chi connectivity index (χ1v) is 7.48. The monoisotopic (exact) mass is 320 g/mol. The van der Waals surface area contributed by atoms with Crippen molar-refractivity contribution < 1.29 is 5.11 Å². The summed E-state index contributed by atoms with van der Waals surface area (Å²) in [6.07, 6.45) is 4.31. The van der Waals surface area contributed by atoms with E-state index in [1.54, 1.807) is 12.1 Å². The number of phenolic OH excluding ortho intramolecular Hbond substituents is 1. The first-order chi connectivity index (χ1) is 9.13. The van der Waals surface area contributed by atoms with E-state index in [4.69, 9.17) is 0 Å². The minimum absolute atomic E-state index is 0.291. The van der Waals surface area contributed by atoms with E-state index in [2.05, 4.69) is 32.9 Å². The number of pyridine rings is 1. The Kier molecular flexibility index (Phi) is 3.35. The van der Waals surface area contributed by atoms with E-state index in [9.17, 15) is 5.11 Å². The van der Waals surface area contributed by atoms with Crippen molar-refractivity contribution in [2.45, 2.75) is 17.7 Å². The number of anilines is 1. The number of hydrogen-bond donors (Lipinski definition) is 1. The van der Waals surface area contributed by atoms with E-state index in [0.29, 0.717) is 10.6 Å². The zero-order valence-corrected chi connectivity index (χ0v) is 12.5. The SMILES string of the molecule is CN(CC1CC(Br)C1)c1nccc2ccc(O)cc12. The fraction of sp³-hybridized carbons (Fsp3) is 0.400. The first kappa shape index (κ1) is 12.7. The third-order valence-electron chi connectivity index (χ3n) is 3.80. The highest BCUT2D eigenvalue weighted by molar-refractivity contribution is 9.09. The molecule has 0 spiro atoms. The zero-order chi connectivity index (χ0) is 13.4. The molecule has 0 radical (unpaired) electrons. The summed E-state index contributed by atoms with van der Waals surface area (Å²) in [7, 11) is 2.08. The number of hydrogen-bond acceptors (Lipinski definition) is 3. The van der Waals surface area contributed by atoms with Gasteiger partial charge in [0.2, 0.25) is 0 Å². The van der Waals surface area contributed by atoms with E-state index < -0.39 is 0 Å². The molecule has 0 atom stereocenters. The van der Waals surface area contributed by atoms with Crippen LogP contribution in [0.3, 0.4) is 0 Å². The average molecular weight is 321 g/mol. The largest absolute Gasteiger partial charge is 0.508 e. The second-order valence-corrected chi connectivity index (χ2v) is 6.65.